The van der Waals surface area contributed by atoms with E-state index < -0.39 is 0 Å². The van der Waals surface area contributed by atoms with Crippen molar-refractivity contribution in [1.29, 1.82) is 0 Å². The first-order chi connectivity index (χ1) is 7.63. The Morgan fingerprint density at radius 1 is 1.31 bits per heavy atom. The van der Waals surface area contributed by atoms with Gasteiger partial charge in [0.15, 0.2) is 0 Å². The molecule has 0 spiro atoms. The summed E-state index contributed by atoms with van der Waals surface area (Å²) < 4.78 is 1.72. The summed E-state index contributed by atoms with van der Waals surface area (Å²) >= 11 is 12.2. The van der Waals surface area contributed by atoms with Gasteiger partial charge in [0.05, 0.1) is 11.4 Å². The van der Waals surface area contributed by atoms with Gasteiger partial charge in [0.25, 0.3) is 0 Å². The zero-order valence-electron chi connectivity index (χ0n) is 9.17. The highest BCUT2D eigenvalue weighted by Crippen LogP contribution is 2.24. The Bertz CT molecular complexity index is 518. The van der Waals surface area contributed by atoms with Crippen LogP contribution in [0.5, 0.6) is 0 Å². The zero-order chi connectivity index (χ0) is 11.7. The number of nitrogens with zero attached hydrogens (tertiary/aromatic N) is 2. The van der Waals surface area contributed by atoms with Crippen molar-refractivity contribution in [3.8, 4) is 5.69 Å². The molecule has 0 unspecified atom stereocenters. The van der Waals surface area contributed by atoms with E-state index in [-0.39, 0.29) is 0 Å². The van der Waals surface area contributed by atoms with Crippen LogP contribution in [0.4, 0.5) is 0 Å². The van der Waals surface area contributed by atoms with E-state index in [1.165, 1.54) is 0 Å². The molecule has 0 saturated carbocycles. The van der Waals surface area contributed by atoms with Gasteiger partial charge in [0.1, 0.15) is 5.15 Å². The maximum absolute atomic E-state index is 6.27. The molecule has 0 bridgehead atoms. The first kappa shape index (κ1) is 11.5. The second-order valence-corrected chi connectivity index (χ2v) is 4.39. The number of hydrogen-bond donors (Lipinski definition) is 0. The molecule has 0 aliphatic carbocycles. The molecule has 1 aromatic heterocycles. The number of halogens is 2. The molecule has 2 aromatic rings. The van der Waals surface area contributed by atoms with Crippen molar-refractivity contribution < 1.29 is 0 Å². The van der Waals surface area contributed by atoms with E-state index in [1.807, 2.05) is 31.2 Å². The molecule has 4 heteroatoms. The van der Waals surface area contributed by atoms with Crippen molar-refractivity contribution in [2.24, 2.45) is 0 Å². The summed E-state index contributed by atoms with van der Waals surface area (Å²) in [6, 6.07) is 7.50. The molecule has 0 fully saturated rings. The molecule has 0 saturated heterocycles. The van der Waals surface area contributed by atoms with Crippen molar-refractivity contribution in [3.63, 3.8) is 0 Å². The highest BCUT2D eigenvalue weighted by Gasteiger charge is 2.12. The molecule has 0 radical (unpaired) electrons. The summed E-state index contributed by atoms with van der Waals surface area (Å²) in [5.41, 5.74) is 2.94. The van der Waals surface area contributed by atoms with Crippen molar-refractivity contribution in [3.05, 3.63) is 45.7 Å². The molecule has 2 nitrogen and oxygen atoms in total. The van der Waals surface area contributed by atoms with Crippen LogP contribution >= 0.6 is 23.2 Å². The standard InChI is InChI=1S/C12H12Cl2N2/c1-3-11-8(2)15-16(12(11)14)10-6-4-5-9(13)7-10/h4-7H,3H2,1-2H3. The molecular weight excluding hydrogens is 243 g/mol. The SMILES string of the molecule is CCc1c(C)nn(-c2cccc(Cl)c2)c1Cl. The van der Waals surface area contributed by atoms with Gasteiger partial charge in [-0.3, -0.25) is 0 Å². The van der Waals surface area contributed by atoms with E-state index >= 15 is 0 Å². The molecule has 1 aromatic carbocycles. The van der Waals surface area contributed by atoms with Gasteiger partial charge in [-0.15, -0.1) is 0 Å². The highest BCUT2D eigenvalue weighted by molar-refractivity contribution is 6.31. The molecule has 84 valence electrons. The summed E-state index contributed by atoms with van der Waals surface area (Å²) in [5.74, 6) is 0. The first-order valence-electron chi connectivity index (χ1n) is 5.13. The maximum Gasteiger partial charge on any atom is 0.136 e. The molecule has 0 amide bonds. The lowest BCUT2D eigenvalue weighted by molar-refractivity contribution is 0.863. The molecular formula is C12H12Cl2N2. The van der Waals surface area contributed by atoms with Gasteiger partial charge in [-0.25, -0.2) is 4.68 Å². The Balaban J connectivity index is 2.56. The summed E-state index contributed by atoms with van der Waals surface area (Å²) in [6.07, 6.45) is 0.880. The van der Waals surface area contributed by atoms with Crippen LogP contribution in [-0.4, -0.2) is 9.78 Å². The number of benzene rings is 1. The van der Waals surface area contributed by atoms with Gasteiger partial charge in [0, 0.05) is 10.6 Å². The lowest BCUT2D eigenvalue weighted by atomic mass is 10.2. The topological polar surface area (TPSA) is 17.8 Å². The Hall–Kier alpha value is -0.990. The number of aryl methyl sites for hydroxylation is 1. The zero-order valence-corrected chi connectivity index (χ0v) is 10.7. The van der Waals surface area contributed by atoms with Gasteiger partial charge >= 0.3 is 0 Å². The van der Waals surface area contributed by atoms with Crippen molar-refractivity contribution >= 4 is 23.2 Å². The third-order valence-electron chi connectivity index (χ3n) is 2.53. The Kier molecular flexibility index (Phi) is 3.22. The van der Waals surface area contributed by atoms with Crippen LogP contribution in [0.3, 0.4) is 0 Å². The van der Waals surface area contributed by atoms with Crippen LogP contribution in [0, 0.1) is 6.92 Å². The third-order valence-corrected chi connectivity index (χ3v) is 3.15. The minimum absolute atomic E-state index is 0.669. The molecule has 0 N–H and O–H groups in total. The van der Waals surface area contributed by atoms with E-state index in [0.717, 1.165) is 23.4 Å². The molecule has 2 rings (SSSR count). The van der Waals surface area contributed by atoms with E-state index in [9.17, 15) is 0 Å². The fourth-order valence-electron chi connectivity index (χ4n) is 1.71. The Labute approximate surface area is 105 Å². The maximum atomic E-state index is 6.27. The van der Waals surface area contributed by atoms with Crippen LogP contribution < -0.4 is 0 Å². The van der Waals surface area contributed by atoms with E-state index in [1.54, 1.807) is 4.68 Å². The van der Waals surface area contributed by atoms with Crippen molar-refractivity contribution in [1.82, 2.24) is 9.78 Å². The lowest BCUT2D eigenvalue weighted by Crippen LogP contribution is -1.96. The fraction of sp³-hybridized carbons (Fsp3) is 0.250. The summed E-state index contributed by atoms with van der Waals surface area (Å²) in [6.45, 7) is 4.03. The van der Waals surface area contributed by atoms with Crippen LogP contribution in [-0.2, 0) is 6.42 Å². The molecule has 0 aliphatic rings. The average molecular weight is 255 g/mol. The smallest absolute Gasteiger partial charge is 0.136 e. The lowest BCUT2D eigenvalue weighted by Gasteiger charge is -2.03. The van der Waals surface area contributed by atoms with Gasteiger partial charge in [-0.2, -0.15) is 5.10 Å². The van der Waals surface area contributed by atoms with Gasteiger partial charge in [-0.05, 0) is 31.5 Å². The minimum atomic E-state index is 0.669. The van der Waals surface area contributed by atoms with Crippen molar-refractivity contribution in [2.45, 2.75) is 20.3 Å². The quantitative estimate of drug-likeness (QED) is 0.791. The van der Waals surface area contributed by atoms with E-state index in [2.05, 4.69) is 12.0 Å². The largest absolute Gasteiger partial charge is 0.222 e. The van der Waals surface area contributed by atoms with Gasteiger partial charge in [0.2, 0.25) is 0 Å². The Morgan fingerprint density at radius 3 is 2.62 bits per heavy atom. The monoisotopic (exact) mass is 254 g/mol. The van der Waals surface area contributed by atoms with Crippen LogP contribution in [0.1, 0.15) is 18.2 Å². The van der Waals surface area contributed by atoms with Gasteiger partial charge < -0.3 is 0 Å². The molecule has 16 heavy (non-hydrogen) atoms. The number of aromatic nitrogens is 2. The van der Waals surface area contributed by atoms with Gasteiger partial charge in [-0.1, -0.05) is 36.2 Å². The predicted molar refractivity (Wildman–Crippen MR) is 67.7 cm³/mol. The summed E-state index contributed by atoms with van der Waals surface area (Å²) in [5, 5.41) is 5.77. The third kappa shape index (κ3) is 1.95. The predicted octanol–water partition coefficient (Wildman–Crippen LogP) is 4.05. The Morgan fingerprint density at radius 2 is 2.06 bits per heavy atom. The first-order valence-corrected chi connectivity index (χ1v) is 5.89. The van der Waals surface area contributed by atoms with E-state index in [0.29, 0.717) is 10.2 Å². The van der Waals surface area contributed by atoms with Crippen LogP contribution in [0.25, 0.3) is 5.69 Å². The highest BCUT2D eigenvalue weighted by atomic mass is 35.5. The number of hydrogen-bond acceptors (Lipinski definition) is 1. The number of rotatable bonds is 2. The molecule has 0 atom stereocenters. The van der Waals surface area contributed by atoms with Crippen molar-refractivity contribution in [2.75, 3.05) is 0 Å². The summed E-state index contributed by atoms with van der Waals surface area (Å²) in [7, 11) is 0. The minimum Gasteiger partial charge on any atom is -0.222 e. The fourth-order valence-corrected chi connectivity index (χ4v) is 2.30. The normalized spacial score (nSPS) is 10.8. The average Bonchev–Trinajstić information content (AvgIpc) is 2.54. The summed E-state index contributed by atoms with van der Waals surface area (Å²) in [4.78, 5) is 0. The second kappa shape index (κ2) is 4.48. The molecule has 1 heterocycles. The van der Waals surface area contributed by atoms with Crippen LogP contribution in [0.2, 0.25) is 10.2 Å². The molecule has 0 aliphatic heterocycles. The second-order valence-electron chi connectivity index (χ2n) is 3.60. The van der Waals surface area contributed by atoms with E-state index in [4.69, 9.17) is 23.2 Å². The van der Waals surface area contributed by atoms with Crippen LogP contribution in [0.15, 0.2) is 24.3 Å².